The number of ether oxygens (including phenoxy) is 1. The smallest absolute Gasteiger partial charge is 0.330 e. The highest BCUT2D eigenvalue weighted by atomic mass is 16.5. The van der Waals surface area contributed by atoms with E-state index in [2.05, 4.69) is 44.5 Å². The second-order valence-corrected chi connectivity index (χ2v) is 10.3. The molecule has 3 atom stereocenters. The maximum atomic E-state index is 13.5. The summed E-state index contributed by atoms with van der Waals surface area (Å²) in [6, 6.07) is 15.7. The van der Waals surface area contributed by atoms with E-state index < -0.39 is 6.04 Å². The summed E-state index contributed by atoms with van der Waals surface area (Å²) < 4.78 is 5.44. The van der Waals surface area contributed by atoms with E-state index in [9.17, 15) is 9.59 Å². The van der Waals surface area contributed by atoms with E-state index in [1.165, 1.54) is 0 Å². The number of tetrazole rings is 1. The maximum absolute atomic E-state index is 13.5. The molecule has 1 N–H and O–H groups in total. The number of H-pyrrole nitrogens is 1. The van der Waals surface area contributed by atoms with Gasteiger partial charge in [-0.15, -0.1) is 5.10 Å². The summed E-state index contributed by atoms with van der Waals surface area (Å²) in [6.07, 6.45) is 7.39. The standard InChI is InChI=1S/C30H36N6O3/c1-4-6-9-23-18-24(36-27(30(38)39-5-2)17-12-20(3)35(23)36)19-28(37)22-15-13-21(14-16-22)25-10-7-8-11-26(25)29-31-33-34-32-29/h7-8,10-11,13-16,19-20,23,27H,4-6,9,12,17-18H2,1-3H3,(H,31,32,33,34). The number of carbonyl (C=O) groups is 2. The third kappa shape index (κ3) is 5.49. The number of nitrogens with one attached hydrogen (secondary N) is 1. The summed E-state index contributed by atoms with van der Waals surface area (Å²) in [4.78, 5) is 26.4. The van der Waals surface area contributed by atoms with Crippen LogP contribution < -0.4 is 0 Å². The molecule has 204 valence electrons. The first-order valence-electron chi connectivity index (χ1n) is 13.9. The highest BCUT2D eigenvalue weighted by Crippen LogP contribution is 2.40. The first kappa shape index (κ1) is 26.7. The Morgan fingerprint density at radius 2 is 1.85 bits per heavy atom. The first-order chi connectivity index (χ1) is 19.0. The average Bonchev–Trinajstić information content (AvgIpc) is 3.62. The summed E-state index contributed by atoms with van der Waals surface area (Å²) in [5.41, 5.74) is 4.32. The SMILES string of the molecule is CCCCC1CC(=CC(=O)c2ccc(-c3ccccc3-c3nnn[nH]3)cc2)N2C(C(=O)OCC)CCC(C)N12. The second-order valence-electron chi connectivity index (χ2n) is 10.3. The average molecular weight is 529 g/mol. The van der Waals surface area contributed by atoms with Gasteiger partial charge in [0.1, 0.15) is 6.04 Å². The molecule has 3 heterocycles. The van der Waals surface area contributed by atoms with Gasteiger partial charge >= 0.3 is 5.97 Å². The van der Waals surface area contributed by atoms with Crippen LogP contribution in [0.25, 0.3) is 22.5 Å². The number of aromatic amines is 1. The largest absolute Gasteiger partial charge is 0.464 e. The quantitative estimate of drug-likeness (QED) is 0.230. The van der Waals surface area contributed by atoms with Crippen molar-refractivity contribution in [2.45, 2.75) is 77.4 Å². The predicted molar refractivity (Wildman–Crippen MR) is 148 cm³/mol. The van der Waals surface area contributed by atoms with Crippen molar-refractivity contribution in [2.75, 3.05) is 6.61 Å². The van der Waals surface area contributed by atoms with E-state index >= 15 is 0 Å². The number of benzene rings is 2. The van der Waals surface area contributed by atoms with Crippen molar-refractivity contribution in [1.82, 2.24) is 30.6 Å². The first-order valence-corrected chi connectivity index (χ1v) is 13.9. The molecule has 0 radical (unpaired) electrons. The predicted octanol–water partition coefficient (Wildman–Crippen LogP) is 5.20. The van der Waals surface area contributed by atoms with Crippen molar-refractivity contribution in [2.24, 2.45) is 0 Å². The highest BCUT2D eigenvalue weighted by Gasteiger charge is 2.47. The molecule has 0 spiro atoms. The number of fused-ring (bicyclic) bond motifs is 1. The van der Waals surface area contributed by atoms with Crippen LogP contribution in [-0.2, 0) is 9.53 Å². The lowest BCUT2D eigenvalue weighted by Gasteiger charge is -2.46. The Morgan fingerprint density at radius 3 is 2.54 bits per heavy atom. The minimum atomic E-state index is -0.392. The molecule has 2 aliphatic heterocycles. The van der Waals surface area contributed by atoms with E-state index in [4.69, 9.17) is 4.74 Å². The zero-order valence-electron chi connectivity index (χ0n) is 22.8. The van der Waals surface area contributed by atoms with Crippen LogP contribution >= 0.6 is 0 Å². The molecular weight excluding hydrogens is 492 g/mol. The van der Waals surface area contributed by atoms with Gasteiger partial charge < -0.3 is 4.74 Å². The molecule has 5 rings (SSSR count). The summed E-state index contributed by atoms with van der Waals surface area (Å²) >= 11 is 0. The van der Waals surface area contributed by atoms with Gasteiger partial charge in [0, 0.05) is 41.4 Å². The molecule has 0 aliphatic carbocycles. The Morgan fingerprint density at radius 1 is 1.08 bits per heavy atom. The number of rotatable bonds is 9. The molecule has 1 aromatic heterocycles. The number of aromatic nitrogens is 4. The molecular formula is C30H36N6O3. The maximum Gasteiger partial charge on any atom is 0.330 e. The molecule has 9 nitrogen and oxygen atoms in total. The van der Waals surface area contributed by atoms with Gasteiger partial charge in [-0.05, 0) is 54.7 Å². The highest BCUT2D eigenvalue weighted by molar-refractivity contribution is 6.05. The van der Waals surface area contributed by atoms with Gasteiger partial charge in [0.25, 0.3) is 0 Å². The van der Waals surface area contributed by atoms with Crippen LogP contribution in [0, 0.1) is 0 Å². The van der Waals surface area contributed by atoms with Crippen molar-refractivity contribution in [3.63, 3.8) is 0 Å². The molecule has 0 amide bonds. The van der Waals surface area contributed by atoms with Gasteiger partial charge in [0.2, 0.25) is 0 Å². The molecule has 2 aromatic carbocycles. The Hall–Kier alpha value is -3.85. The fourth-order valence-electron chi connectivity index (χ4n) is 5.86. The number of hydrogen-bond acceptors (Lipinski definition) is 8. The van der Waals surface area contributed by atoms with Gasteiger partial charge in [0.15, 0.2) is 11.6 Å². The van der Waals surface area contributed by atoms with E-state index in [1.807, 2.05) is 55.5 Å². The molecule has 9 heteroatoms. The molecule has 0 bridgehead atoms. The van der Waals surface area contributed by atoms with E-state index in [-0.39, 0.29) is 17.8 Å². The van der Waals surface area contributed by atoms with Crippen LogP contribution in [0.15, 0.2) is 60.3 Å². The van der Waals surface area contributed by atoms with Gasteiger partial charge in [-0.2, -0.15) is 0 Å². The normalized spacial score (nSPS) is 22.2. The van der Waals surface area contributed by atoms with Crippen LogP contribution in [0.2, 0.25) is 0 Å². The van der Waals surface area contributed by atoms with Gasteiger partial charge in [-0.1, -0.05) is 68.3 Å². The zero-order valence-corrected chi connectivity index (χ0v) is 22.8. The second kappa shape index (κ2) is 11.9. The molecule has 2 fully saturated rings. The summed E-state index contributed by atoms with van der Waals surface area (Å²) in [5, 5.41) is 18.7. The Labute approximate surface area is 229 Å². The van der Waals surface area contributed by atoms with Crippen LogP contribution in [0.5, 0.6) is 0 Å². The van der Waals surface area contributed by atoms with Crippen molar-refractivity contribution >= 4 is 11.8 Å². The number of hydrazine groups is 1. The zero-order chi connectivity index (χ0) is 27.4. The fourth-order valence-corrected chi connectivity index (χ4v) is 5.86. The lowest BCUT2D eigenvalue weighted by atomic mass is 9.97. The minimum absolute atomic E-state index is 0.0683. The molecule has 3 aromatic rings. The molecule has 2 saturated heterocycles. The number of ketones is 1. The molecule has 0 saturated carbocycles. The Balaban J connectivity index is 1.42. The summed E-state index contributed by atoms with van der Waals surface area (Å²) in [6.45, 7) is 6.58. The Bertz CT molecular complexity index is 1320. The van der Waals surface area contributed by atoms with Gasteiger partial charge in [-0.25, -0.2) is 14.9 Å². The Kier molecular flexibility index (Phi) is 8.16. The van der Waals surface area contributed by atoms with Crippen LogP contribution in [-0.4, -0.2) is 67.1 Å². The van der Waals surface area contributed by atoms with Crippen molar-refractivity contribution in [3.05, 3.63) is 65.9 Å². The minimum Gasteiger partial charge on any atom is -0.464 e. The number of esters is 1. The molecule has 3 unspecified atom stereocenters. The third-order valence-electron chi connectivity index (χ3n) is 7.72. The van der Waals surface area contributed by atoms with Gasteiger partial charge in [0.05, 0.1) is 6.61 Å². The number of carbonyl (C=O) groups excluding carboxylic acids is 2. The summed E-state index contributed by atoms with van der Waals surface area (Å²) in [7, 11) is 0. The number of unbranched alkanes of at least 4 members (excludes halogenated alkanes) is 1. The van der Waals surface area contributed by atoms with E-state index in [1.54, 1.807) is 6.08 Å². The topological polar surface area (TPSA) is 104 Å². The monoisotopic (exact) mass is 528 g/mol. The molecule has 2 aliphatic rings. The lowest BCUT2D eigenvalue weighted by molar-refractivity contribution is -0.164. The number of hydrogen-bond donors (Lipinski definition) is 1. The number of allylic oxidation sites excluding steroid dienone is 1. The van der Waals surface area contributed by atoms with Crippen LogP contribution in [0.4, 0.5) is 0 Å². The third-order valence-corrected chi connectivity index (χ3v) is 7.72. The fraction of sp³-hybridized carbons (Fsp3) is 0.433. The van der Waals surface area contributed by atoms with Crippen molar-refractivity contribution in [3.8, 4) is 22.5 Å². The number of nitrogens with zero attached hydrogens (tertiary/aromatic N) is 5. The van der Waals surface area contributed by atoms with E-state index in [0.717, 1.165) is 60.9 Å². The van der Waals surface area contributed by atoms with Crippen LogP contribution in [0.1, 0.15) is 69.7 Å². The van der Waals surface area contributed by atoms with Crippen molar-refractivity contribution < 1.29 is 14.3 Å². The van der Waals surface area contributed by atoms with E-state index in [0.29, 0.717) is 24.0 Å². The van der Waals surface area contributed by atoms with Crippen molar-refractivity contribution in [1.29, 1.82) is 0 Å². The lowest BCUT2D eigenvalue weighted by Crippen LogP contribution is -2.57. The summed E-state index contributed by atoms with van der Waals surface area (Å²) in [5.74, 6) is 0.306. The molecule has 39 heavy (non-hydrogen) atoms. The van der Waals surface area contributed by atoms with Crippen LogP contribution in [0.3, 0.4) is 0 Å². The van der Waals surface area contributed by atoms with Gasteiger partial charge in [-0.3, -0.25) is 9.80 Å².